The average molecular weight is 375 g/mol. The lowest BCUT2D eigenvalue weighted by Gasteiger charge is -2.31. The summed E-state index contributed by atoms with van der Waals surface area (Å²) in [7, 11) is 13.1. The Balaban J connectivity index is 3.59. The van der Waals surface area contributed by atoms with Crippen molar-refractivity contribution in [2.45, 2.75) is 64.2 Å². The van der Waals surface area contributed by atoms with E-state index < -0.39 is 0 Å². The zero-order valence-corrected chi connectivity index (χ0v) is 19.0. The molecular formula is C22H50N2O2+2. The number of hydrogen-bond acceptors (Lipinski definition) is 2. The number of nitrogens with zero attached hydrogens (tertiary/aromatic N) is 2. The van der Waals surface area contributed by atoms with Crippen molar-refractivity contribution in [2.75, 3.05) is 81.8 Å². The first kappa shape index (κ1) is 25.8. The summed E-state index contributed by atoms with van der Waals surface area (Å²) in [6, 6.07) is 0. The zero-order valence-electron chi connectivity index (χ0n) is 19.0. The fraction of sp³-hybridized carbons (Fsp3) is 1.00. The molecule has 4 heteroatoms. The van der Waals surface area contributed by atoms with E-state index in [1.54, 1.807) is 14.2 Å². The van der Waals surface area contributed by atoms with Crippen LogP contribution in [0.4, 0.5) is 0 Å². The molecule has 0 aromatic heterocycles. The van der Waals surface area contributed by atoms with E-state index in [0.29, 0.717) is 0 Å². The number of quaternary nitrogens is 2. The Morgan fingerprint density at radius 3 is 0.962 bits per heavy atom. The van der Waals surface area contributed by atoms with E-state index >= 15 is 0 Å². The summed E-state index contributed by atoms with van der Waals surface area (Å²) < 4.78 is 12.6. The largest absolute Gasteiger partial charge is 0.385 e. The summed E-state index contributed by atoms with van der Waals surface area (Å²) in [5.74, 6) is 0. The first-order chi connectivity index (χ1) is 12.3. The monoisotopic (exact) mass is 374 g/mol. The van der Waals surface area contributed by atoms with Gasteiger partial charge >= 0.3 is 0 Å². The van der Waals surface area contributed by atoms with Crippen molar-refractivity contribution in [3.05, 3.63) is 0 Å². The van der Waals surface area contributed by atoms with Gasteiger partial charge in [-0.15, -0.1) is 0 Å². The Bertz CT molecular complexity index is 277. The van der Waals surface area contributed by atoms with Crippen LogP contribution in [-0.4, -0.2) is 90.8 Å². The smallest absolute Gasteiger partial charge is 0.0782 e. The molecule has 0 fully saturated rings. The van der Waals surface area contributed by atoms with E-state index in [9.17, 15) is 0 Å². The quantitative estimate of drug-likeness (QED) is 0.247. The topological polar surface area (TPSA) is 18.5 Å². The van der Waals surface area contributed by atoms with Crippen LogP contribution in [0, 0.1) is 0 Å². The molecule has 0 radical (unpaired) electrons. The molecule has 0 bridgehead atoms. The molecule has 0 saturated heterocycles. The van der Waals surface area contributed by atoms with Crippen molar-refractivity contribution in [1.82, 2.24) is 0 Å². The normalized spacial score (nSPS) is 12.7. The molecule has 0 aliphatic rings. The highest BCUT2D eigenvalue weighted by Crippen LogP contribution is 2.11. The number of methoxy groups -OCH3 is 2. The van der Waals surface area contributed by atoms with Crippen LogP contribution in [0.5, 0.6) is 0 Å². The summed E-state index contributed by atoms with van der Waals surface area (Å²) in [5.41, 5.74) is 0. The molecule has 0 N–H and O–H groups in total. The number of hydrogen-bond donors (Lipinski definition) is 0. The Labute approximate surface area is 165 Å². The summed E-state index contributed by atoms with van der Waals surface area (Å²) in [6.07, 6.45) is 13.2. The Morgan fingerprint density at radius 2 is 0.692 bits per heavy atom. The molecule has 0 saturated carbocycles. The highest BCUT2D eigenvalue weighted by Gasteiger charge is 2.15. The van der Waals surface area contributed by atoms with Crippen LogP contribution in [0.3, 0.4) is 0 Å². The van der Waals surface area contributed by atoms with Gasteiger partial charge in [0.2, 0.25) is 0 Å². The van der Waals surface area contributed by atoms with Crippen molar-refractivity contribution in [1.29, 1.82) is 0 Å². The van der Waals surface area contributed by atoms with E-state index in [2.05, 4.69) is 28.2 Å². The highest BCUT2D eigenvalue weighted by atomic mass is 16.5. The van der Waals surface area contributed by atoms with Crippen LogP contribution >= 0.6 is 0 Å². The molecular weight excluding hydrogens is 324 g/mol. The van der Waals surface area contributed by atoms with Crippen molar-refractivity contribution in [3.8, 4) is 0 Å². The highest BCUT2D eigenvalue weighted by molar-refractivity contribution is 4.47. The van der Waals surface area contributed by atoms with Crippen molar-refractivity contribution in [2.24, 2.45) is 0 Å². The van der Waals surface area contributed by atoms with Gasteiger partial charge in [0.1, 0.15) is 0 Å². The maximum atomic E-state index is 5.13. The summed E-state index contributed by atoms with van der Waals surface area (Å²) in [6.45, 7) is 7.07. The Hall–Kier alpha value is -0.160. The Kier molecular flexibility index (Phi) is 15.8. The van der Waals surface area contributed by atoms with Gasteiger partial charge < -0.3 is 18.4 Å². The van der Waals surface area contributed by atoms with Crippen molar-refractivity contribution < 1.29 is 18.4 Å². The fourth-order valence-corrected chi connectivity index (χ4v) is 3.58. The predicted octanol–water partition coefficient (Wildman–Crippen LogP) is 4.33. The number of ether oxygens (including phenoxy) is 2. The van der Waals surface area contributed by atoms with Gasteiger partial charge in [-0.05, 0) is 64.2 Å². The second kappa shape index (κ2) is 15.9. The van der Waals surface area contributed by atoms with Gasteiger partial charge in [0, 0.05) is 27.4 Å². The summed E-state index contributed by atoms with van der Waals surface area (Å²) in [5, 5.41) is 0. The Morgan fingerprint density at radius 1 is 0.423 bits per heavy atom. The third-order valence-electron chi connectivity index (χ3n) is 5.50. The van der Waals surface area contributed by atoms with Gasteiger partial charge in [0.15, 0.2) is 0 Å². The molecule has 0 unspecified atom stereocenters. The minimum Gasteiger partial charge on any atom is -0.385 e. The van der Waals surface area contributed by atoms with E-state index in [4.69, 9.17) is 9.47 Å². The van der Waals surface area contributed by atoms with Crippen LogP contribution in [0.15, 0.2) is 0 Å². The van der Waals surface area contributed by atoms with E-state index in [1.807, 2.05) is 0 Å². The SMILES string of the molecule is COCCCCC[N+](C)(C)CCCCCC[N+](C)(C)CCCCCOC. The van der Waals surface area contributed by atoms with Crippen molar-refractivity contribution >= 4 is 0 Å². The molecule has 0 rings (SSSR count). The van der Waals surface area contributed by atoms with E-state index in [0.717, 1.165) is 13.2 Å². The minimum atomic E-state index is 0.912. The minimum absolute atomic E-state index is 0.912. The van der Waals surface area contributed by atoms with Gasteiger partial charge in [-0.1, -0.05) is 0 Å². The van der Waals surface area contributed by atoms with E-state index in [1.165, 1.54) is 99.4 Å². The molecule has 0 aromatic rings. The van der Waals surface area contributed by atoms with Crippen molar-refractivity contribution in [3.63, 3.8) is 0 Å². The molecule has 4 nitrogen and oxygen atoms in total. The van der Waals surface area contributed by atoms with Crippen LogP contribution in [0.1, 0.15) is 64.2 Å². The number of rotatable bonds is 19. The fourth-order valence-electron chi connectivity index (χ4n) is 3.58. The zero-order chi connectivity index (χ0) is 19.7. The predicted molar refractivity (Wildman–Crippen MR) is 114 cm³/mol. The lowest BCUT2D eigenvalue weighted by atomic mass is 10.1. The van der Waals surface area contributed by atoms with Crippen LogP contribution < -0.4 is 0 Å². The van der Waals surface area contributed by atoms with Gasteiger partial charge in [-0.2, -0.15) is 0 Å². The molecule has 26 heavy (non-hydrogen) atoms. The summed E-state index contributed by atoms with van der Waals surface area (Å²) in [4.78, 5) is 0. The van der Waals surface area contributed by atoms with Gasteiger partial charge in [0.25, 0.3) is 0 Å². The third-order valence-corrected chi connectivity index (χ3v) is 5.50. The lowest BCUT2D eigenvalue weighted by Crippen LogP contribution is -2.41. The summed E-state index contributed by atoms with van der Waals surface area (Å²) >= 11 is 0. The molecule has 0 aromatic carbocycles. The molecule has 0 heterocycles. The first-order valence-corrected chi connectivity index (χ1v) is 10.9. The van der Waals surface area contributed by atoms with Gasteiger partial charge in [-0.3, -0.25) is 0 Å². The molecule has 158 valence electrons. The van der Waals surface area contributed by atoms with E-state index in [-0.39, 0.29) is 0 Å². The van der Waals surface area contributed by atoms with Crippen LogP contribution in [0.2, 0.25) is 0 Å². The standard InChI is InChI=1S/C22H50N2O2/c1-23(2,19-13-9-15-21-25-5)17-11-7-8-12-18-24(3,4)20-14-10-16-22-26-6/h7-22H2,1-6H3/q+2. The molecule has 0 spiro atoms. The second-order valence-corrected chi connectivity index (χ2v) is 9.29. The molecule has 0 aliphatic heterocycles. The van der Waals surface area contributed by atoms with Gasteiger partial charge in [0.05, 0.1) is 54.4 Å². The third kappa shape index (κ3) is 17.3. The second-order valence-electron chi connectivity index (χ2n) is 9.29. The lowest BCUT2D eigenvalue weighted by molar-refractivity contribution is -0.891. The van der Waals surface area contributed by atoms with Crippen LogP contribution in [0.25, 0.3) is 0 Å². The molecule has 0 atom stereocenters. The maximum Gasteiger partial charge on any atom is 0.0782 e. The van der Waals surface area contributed by atoms with Gasteiger partial charge in [-0.25, -0.2) is 0 Å². The number of unbranched alkanes of at least 4 members (excludes halogenated alkanes) is 7. The average Bonchev–Trinajstić information content (AvgIpc) is 2.57. The molecule has 0 amide bonds. The molecule has 0 aliphatic carbocycles. The maximum absolute atomic E-state index is 5.13. The first-order valence-electron chi connectivity index (χ1n) is 10.9. The van der Waals surface area contributed by atoms with Crippen LogP contribution in [-0.2, 0) is 9.47 Å².